The van der Waals surface area contributed by atoms with Gasteiger partial charge in [0.25, 0.3) is 5.91 Å². The van der Waals surface area contributed by atoms with Crippen LogP contribution in [0, 0.1) is 6.92 Å². The summed E-state index contributed by atoms with van der Waals surface area (Å²) >= 11 is 1.35. The maximum Gasteiger partial charge on any atom is 0.263 e. The highest BCUT2D eigenvalue weighted by Crippen LogP contribution is 2.27. The molecule has 0 bridgehead atoms. The molecule has 106 valence electrons. The Morgan fingerprint density at radius 2 is 2.33 bits per heavy atom. The van der Waals surface area contributed by atoms with Gasteiger partial charge in [0.1, 0.15) is 21.8 Å². The fraction of sp³-hybridized carbons (Fsp3) is 0.143. The third-order valence-corrected chi connectivity index (χ3v) is 4.04. The summed E-state index contributed by atoms with van der Waals surface area (Å²) in [6.45, 7) is 2.15. The van der Waals surface area contributed by atoms with Crippen LogP contribution in [-0.4, -0.2) is 21.0 Å². The summed E-state index contributed by atoms with van der Waals surface area (Å²) in [5.41, 5.74) is 2.29. The molecular formula is C14H12N4O2S. The molecule has 0 aliphatic heterocycles. The predicted molar refractivity (Wildman–Crippen MR) is 77.8 cm³/mol. The molecule has 0 fully saturated rings. The van der Waals surface area contributed by atoms with Crippen molar-refractivity contribution in [1.82, 2.24) is 20.4 Å². The van der Waals surface area contributed by atoms with Gasteiger partial charge in [-0.1, -0.05) is 5.16 Å². The third-order valence-electron chi connectivity index (χ3n) is 2.83. The first kappa shape index (κ1) is 13.4. The lowest BCUT2D eigenvalue weighted by atomic mass is 10.3. The van der Waals surface area contributed by atoms with Gasteiger partial charge in [0.15, 0.2) is 0 Å². The number of pyridine rings is 1. The molecule has 0 atom stereocenters. The van der Waals surface area contributed by atoms with E-state index >= 15 is 0 Å². The van der Waals surface area contributed by atoms with E-state index in [1.807, 2.05) is 19.1 Å². The largest absolute Gasteiger partial charge is 0.364 e. The second kappa shape index (κ2) is 5.84. The van der Waals surface area contributed by atoms with Gasteiger partial charge in [-0.15, -0.1) is 11.3 Å². The van der Waals surface area contributed by atoms with Crippen LogP contribution in [0.3, 0.4) is 0 Å². The zero-order valence-corrected chi connectivity index (χ0v) is 12.1. The summed E-state index contributed by atoms with van der Waals surface area (Å²) < 4.78 is 4.72. The second-order valence-electron chi connectivity index (χ2n) is 4.35. The van der Waals surface area contributed by atoms with E-state index in [-0.39, 0.29) is 5.91 Å². The lowest BCUT2D eigenvalue weighted by Crippen LogP contribution is -2.22. The molecule has 0 saturated heterocycles. The van der Waals surface area contributed by atoms with Gasteiger partial charge in [0, 0.05) is 24.0 Å². The number of aryl methyl sites for hydroxylation is 1. The van der Waals surface area contributed by atoms with Crippen molar-refractivity contribution < 1.29 is 9.32 Å². The van der Waals surface area contributed by atoms with Crippen molar-refractivity contribution in [2.45, 2.75) is 13.5 Å². The maximum atomic E-state index is 12.2. The molecule has 3 aromatic heterocycles. The number of carbonyl (C=O) groups excluding carboxylic acids is 1. The average Bonchev–Trinajstić information content (AvgIpc) is 3.15. The van der Waals surface area contributed by atoms with Gasteiger partial charge >= 0.3 is 0 Å². The van der Waals surface area contributed by atoms with E-state index < -0.39 is 0 Å². The lowest BCUT2D eigenvalue weighted by molar-refractivity contribution is 0.0953. The van der Waals surface area contributed by atoms with Crippen molar-refractivity contribution in [3.63, 3.8) is 0 Å². The summed E-state index contributed by atoms with van der Waals surface area (Å²) in [6.07, 6.45) is 4.91. The van der Waals surface area contributed by atoms with Crippen LogP contribution in [0.4, 0.5) is 0 Å². The number of rotatable bonds is 4. The van der Waals surface area contributed by atoms with Crippen LogP contribution >= 0.6 is 11.3 Å². The predicted octanol–water partition coefficient (Wildman–Crippen LogP) is 2.43. The van der Waals surface area contributed by atoms with Crippen molar-refractivity contribution in [3.8, 4) is 10.6 Å². The van der Waals surface area contributed by atoms with E-state index in [9.17, 15) is 4.79 Å². The molecule has 0 unspecified atom stereocenters. The highest BCUT2D eigenvalue weighted by Gasteiger charge is 2.16. The molecule has 3 heterocycles. The van der Waals surface area contributed by atoms with Crippen LogP contribution in [0.15, 0.2) is 41.4 Å². The minimum atomic E-state index is -0.164. The molecular weight excluding hydrogens is 288 g/mol. The van der Waals surface area contributed by atoms with Crippen molar-refractivity contribution >= 4 is 17.2 Å². The highest BCUT2D eigenvalue weighted by atomic mass is 32.1. The molecule has 0 aromatic carbocycles. The summed E-state index contributed by atoms with van der Waals surface area (Å²) in [7, 11) is 0. The number of thiazole rings is 1. The van der Waals surface area contributed by atoms with E-state index in [1.165, 1.54) is 17.6 Å². The molecule has 1 N–H and O–H groups in total. The van der Waals surface area contributed by atoms with Crippen LogP contribution in [0.5, 0.6) is 0 Å². The molecule has 21 heavy (non-hydrogen) atoms. The smallest absolute Gasteiger partial charge is 0.263 e. The molecule has 0 spiro atoms. The lowest BCUT2D eigenvalue weighted by Gasteiger charge is -2.00. The molecule has 6 nitrogen and oxygen atoms in total. The number of nitrogens with zero attached hydrogens (tertiary/aromatic N) is 3. The van der Waals surface area contributed by atoms with Gasteiger partial charge in [-0.3, -0.25) is 9.78 Å². The maximum absolute atomic E-state index is 12.2. The highest BCUT2D eigenvalue weighted by molar-refractivity contribution is 7.17. The molecule has 7 heteroatoms. The fourth-order valence-electron chi connectivity index (χ4n) is 1.80. The van der Waals surface area contributed by atoms with Gasteiger partial charge in [0.2, 0.25) is 0 Å². The molecule has 0 aliphatic rings. The second-order valence-corrected chi connectivity index (χ2v) is 5.35. The number of amides is 1. The Morgan fingerprint density at radius 3 is 3.05 bits per heavy atom. The topological polar surface area (TPSA) is 80.9 Å². The first-order valence-electron chi connectivity index (χ1n) is 6.29. The van der Waals surface area contributed by atoms with Gasteiger partial charge in [-0.2, -0.15) is 0 Å². The van der Waals surface area contributed by atoms with E-state index in [2.05, 4.69) is 20.4 Å². The number of carbonyl (C=O) groups is 1. The summed E-state index contributed by atoms with van der Waals surface area (Å²) in [5, 5.41) is 7.33. The molecule has 3 rings (SSSR count). The number of hydrogen-bond donors (Lipinski definition) is 1. The fourth-order valence-corrected chi connectivity index (χ4v) is 2.77. The van der Waals surface area contributed by atoms with E-state index in [0.29, 0.717) is 22.8 Å². The van der Waals surface area contributed by atoms with E-state index in [0.717, 1.165) is 10.6 Å². The molecule has 3 aromatic rings. The van der Waals surface area contributed by atoms with Crippen LogP contribution < -0.4 is 5.32 Å². The standard InChI is InChI=1S/C14H12N4O2S/c1-9-12(13(19)16-8-11-4-6-20-18-11)21-14(17-9)10-3-2-5-15-7-10/h2-7H,8H2,1H3,(H,16,19). The van der Waals surface area contributed by atoms with Crippen molar-refractivity contribution in [3.05, 3.63) is 53.1 Å². The zero-order chi connectivity index (χ0) is 14.7. The summed E-state index contributed by atoms with van der Waals surface area (Å²) in [6, 6.07) is 5.47. The van der Waals surface area contributed by atoms with Crippen LogP contribution in [-0.2, 0) is 6.54 Å². The van der Waals surface area contributed by atoms with E-state index in [4.69, 9.17) is 4.52 Å². The SMILES string of the molecule is Cc1nc(-c2cccnc2)sc1C(=O)NCc1ccon1. The molecule has 0 aliphatic carbocycles. The third kappa shape index (κ3) is 2.97. The molecule has 1 amide bonds. The van der Waals surface area contributed by atoms with Gasteiger partial charge < -0.3 is 9.84 Å². The molecule has 0 saturated carbocycles. The van der Waals surface area contributed by atoms with Crippen molar-refractivity contribution in [1.29, 1.82) is 0 Å². The summed E-state index contributed by atoms with van der Waals surface area (Å²) in [4.78, 5) is 21.3. The normalized spacial score (nSPS) is 10.5. The molecule has 0 radical (unpaired) electrons. The Bertz CT molecular complexity index is 738. The number of hydrogen-bond acceptors (Lipinski definition) is 6. The minimum Gasteiger partial charge on any atom is -0.364 e. The van der Waals surface area contributed by atoms with Crippen LogP contribution in [0.25, 0.3) is 10.6 Å². The zero-order valence-electron chi connectivity index (χ0n) is 11.2. The first-order chi connectivity index (χ1) is 10.2. The quantitative estimate of drug-likeness (QED) is 0.800. The van der Waals surface area contributed by atoms with Crippen molar-refractivity contribution in [2.75, 3.05) is 0 Å². The Balaban J connectivity index is 1.76. The minimum absolute atomic E-state index is 0.164. The average molecular weight is 300 g/mol. The van der Waals surface area contributed by atoms with Gasteiger partial charge in [-0.25, -0.2) is 4.98 Å². The van der Waals surface area contributed by atoms with Gasteiger partial charge in [0.05, 0.1) is 12.2 Å². The van der Waals surface area contributed by atoms with Crippen LogP contribution in [0.1, 0.15) is 21.1 Å². The van der Waals surface area contributed by atoms with E-state index in [1.54, 1.807) is 18.5 Å². The first-order valence-corrected chi connectivity index (χ1v) is 7.11. The Hall–Kier alpha value is -2.54. The number of aromatic nitrogens is 3. The van der Waals surface area contributed by atoms with Gasteiger partial charge in [-0.05, 0) is 19.1 Å². The Kier molecular flexibility index (Phi) is 3.74. The monoisotopic (exact) mass is 300 g/mol. The Morgan fingerprint density at radius 1 is 1.43 bits per heavy atom. The summed E-state index contributed by atoms with van der Waals surface area (Å²) in [5.74, 6) is -0.164. The number of nitrogens with one attached hydrogen (secondary N) is 1. The van der Waals surface area contributed by atoms with Crippen molar-refractivity contribution in [2.24, 2.45) is 0 Å². The van der Waals surface area contributed by atoms with Crippen LogP contribution in [0.2, 0.25) is 0 Å². The Labute approximate surface area is 124 Å².